The molecule has 2 amide bonds. The Morgan fingerprint density at radius 1 is 1.03 bits per heavy atom. The molecule has 2 rings (SSSR count). The standard InChI is InChI=1S/C22H32N2O3.C2H6.CH4/c1-4-20(25)19(14-15(2)3)24-22(27)17-12-8-9-13-18(17)23-21(26)16-10-6-5-7-11-16;1-2;/h5-7,10-11,15,17-19H,4,8-9,12-14H2,1-3H3,(H,23,26)(H,24,27);1-2H3;1H4/t17-,18+,19+;;/m1../s1. The van der Waals surface area contributed by atoms with Gasteiger partial charge in [0.25, 0.3) is 5.91 Å². The lowest BCUT2D eigenvalue weighted by Gasteiger charge is -2.32. The van der Waals surface area contributed by atoms with Crippen molar-refractivity contribution >= 4 is 17.6 Å². The van der Waals surface area contributed by atoms with Crippen molar-refractivity contribution in [3.8, 4) is 0 Å². The highest BCUT2D eigenvalue weighted by atomic mass is 16.2. The molecule has 2 N–H and O–H groups in total. The van der Waals surface area contributed by atoms with Crippen LogP contribution in [0.15, 0.2) is 30.3 Å². The van der Waals surface area contributed by atoms with Crippen LogP contribution in [0.25, 0.3) is 0 Å². The van der Waals surface area contributed by atoms with Crippen molar-refractivity contribution in [3.05, 3.63) is 35.9 Å². The van der Waals surface area contributed by atoms with Crippen molar-refractivity contribution in [2.75, 3.05) is 0 Å². The van der Waals surface area contributed by atoms with Crippen LogP contribution >= 0.6 is 0 Å². The van der Waals surface area contributed by atoms with E-state index in [0.29, 0.717) is 24.3 Å². The van der Waals surface area contributed by atoms with Gasteiger partial charge in [0.1, 0.15) is 0 Å². The Bertz CT molecular complexity index is 643. The number of hydrogen-bond acceptors (Lipinski definition) is 3. The maximum absolute atomic E-state index is 12.9. The van der Waals surface area contributed by atoms with Crippen LogP contribution in [0.5, 0.6) is 0 Å². The molecule has 0 aromatic heterocycles. The number of hydrogen-bond donors (Lipinski definition) is 2. The van der Waals surface area contributed by atoms with E-state index >= 15 is 0 Å². The van der Waals surface area contributed by atoms with Gasteiger partial charge in [-0.2, -0.15) is 0 Å². The van der Waals surface area contributed by atoms with Gasteiger partial charge in [0, 0.05) is 18.0 Å². The van der Waals surface area contributed by atoms with E-state index in [9.17, 15) is 14.4 Å². The number of benzene rings is 1. The summed E-state index contributed by atoms with van der Waals surface area (Å²) >= 11 is 0. The second-order valence-electron chi connectivity index (χ2n) is 7.85. The summed E-state index contributed by atoms with van der Waals surface area (Å²) in [6.07, 6.45) is 4.54. The normalized spacial score (nSPS) is 18.9. The van der Waals surface area contributed by atoms with Crippen LogP contribution in [0.1, 0.15) is 90.9 Å². The molecular weight excluding hydrogens is 376 g/mol. The lowest BCUT2D eigenvalue weighted by atomic mass is 9.83. The van der Waals surface area contributed by atoms with Gasteiger partial charge in [-0.25, -0.2) is 0 Å². The van der Waals surface area contributed by atoms with Gasteiger partial charge in [-0.05, 0) is 37.3 Å². The highest BCUT2D eigenvalue weighted by molar-refractivity contribution is 5.95. The summed E-state index contributed by atoms with van der Waals surface area (Å²) in [5.74, 6) is -0.154. The number of amides is 2. The molecule has 1 saturated carbocycles. The largest absolute Gasteiger partial charge is 0.349 e. The Morgan fingerprint density at radius 3 is 2.20 bits per heavy atom. The molecule has 0 radical (unpaired) electrons. The van der Waals surface area contributed by atoms with E-state index in [1.54, 1.807) is 12.1 Å². The molecule has 0 saturated heterocycles. The zero-order valence-corrected chi connectivity index (χ0v) is 18.7. The summed E-state index contributed by atoms with van der Waals surface area (Å²) < 4.78 is 0. The Labute approximate surface area is 183 Å². The fourth-order valence-corrected chi connectivity index (χ4v) is 3.73. The lowest BCUT2D eigenvalue weighted by molar-refractivity contribution is -0.131. The van der Waals surface area contributed by atoms with Crippen molar-refractivity contribution in [1.29, 1.82) is 0 Å². The summed E-state index contributed by atoms with van der Waals surface area (Å²) in [6.45, 7) is 9.92. The summed E-state index contributed by atoms with van der Waals surface area (Å²) in [5, 5.41) is 6.01. The second-order valence-corrected chi connectivity index (χ2v) is 7.85. The maximum atomic E-state index is 12.9. The second kappa shape index (κ2) is 14.8. The molecule has 5 nitrogen and oxygen atoms in total. The third kappa shape index (κ3) is 8.68. The average molecular weight is 419 g/mol. The van der Waals surface area contributed by atoms with Gasteiger partial charge < -0.3 is 10.6 Å². The third-order valence-corrected chi connectivity index (χ3v) is 5.22. The van der Waals surface area contributed by atoms with Gasteiger partial charge in [-0.3, -0.25) is 14.4 Å². The zero-order valence-electron chi connectivity index (χ0n) is 18.7. The predicted octanol–water partition coefficient (Wildman–Crippen LogP) is 5.15. The first-order chi connectivity index (χ1) is 13.9. The van der Waals surface area contributed by atoms with Crippen LogP contribution in [-0.4, -0.2) is 29.7 Å². The minimum Gasteiger partial charge on any atom is -0.349 e. The molecule has 3 atom stereocenters. The van der Waals surface area contributed by atoms with Crippen molar-refractivity contribution < 1.29 is 14.4 Å². The minimum absolute atomic E-state index is 0. The summed E-state index contributed by atoms with van der Waals surface area (Å²) in [6, 6.07) is 8.43. The Hall–Kier alpha value is -2.17. The molecular formula is C25H42N2O3. The Morgan fingerprint density at radius 2 is 1.63 bits per heavy atom. The van der Waals surface area contributed by atoms with E-state index in [2.05, 4.69) is 10.6 Å². The predicted molar refractivity (Wildman–Crippen MR) is 124 cm³/mol. The zero-order chi connectivity index (χ0) is 21.8. The summed E-state index contributed by atoms with van der Waals surface area (Å²) in [7, 11) is 0. The number of Topliss-reactive ketones (excluding diaryl/α,β-unsaturated/α-hetero) is 1. The van der Waals surface area contributed by atoms with Crippen LogP contribution in [0, 0.1) is 11.8 Å². The van der Waals surface area contributed by atoms with Crippen molar-refractivity contribution in [1.82, 2.24) is 10.6 Å². The van der Waals surface area contributed by atoms with Gasteiger partial charge in [0.05, 0.1) is 12.0 Å². The van der Waals surface area contributed by atoms with E-state index in [1.807, 2.05) is 52.8 Å². The molecule has 1 aliphatic carbocycles. The molecule has 0 heterocycles. The van der Waals surface area contributed by atoms with Crippen molar-refractivity contribution in [2.45, 2.75) is 92.7 Å². The number of carbonyl (C=O) groups excluding carboxylic acids is 3. The van der Waals surface area contributed by atoms with Crippen LogP contribution in [0.4, 0.5) is 0 Å². The van der Waals surface area contributed by atoms with Crippen molar-refractivity contribution in [2.24, 2.45) is 11.8 Å². The van der Waals surface area contributed by atoms with Crippen LogP contribution in [-0.2, 0) is 9.59 Å². The first-order valence-electron chi connectivity index (χ1n) is 11.1. The number of ketones is 1. The fourth-order valence-electron chi connectivity index (χ4n) is 3.73. The highest BCUT2D eigenvalue weighted by Gasteiger charge is 2.34. The molecule has 1 aromatic rings. The van der Waals surface area contributed by atoms with E-state index in [1.165, 1.54) is 0 Å². The average Bonchev–Trinajstić information content (AvgIpc) is 2.74. The summed E-state index contributed by atoms with van der Waals surface area (Å²) in [4.78, 5) is 37.7. The van der Waals surface area contributed by atoms with Gasteiger partial charge in [0.15, 0.2) is 5.78 Å². The molecule has 0 unspecified atom stereocenters. The molecule has 5 heteroatoms. The minimum atomic E-state index is -0.435. The number of nitrogens with one attached hydrogen (secondary N) is 2. The maximum Gasteiger partial charge on any atom is 0.251 e. The highest BCUT2D eigenvalue weighted by Crippen LogP contribution is 2.25. The Kier molecular flexibility index (Phi) is 13.7. The SMILES string of the molecule is C.CC.CCC(=O)[C@H](CC(C)C)NC(=O)[C@@H]1CCCC[C@@H]1NC(=O)c1ccccc1. The van der Waals surface area contributed by atoms with Gasteiger partial charge in [-0.1, -0.05) is 73.1 Å². The first kappa shape index (κ1) is 27.8. The number of carbonyl (C=O) groups is 3. The smallest absolute Gasteiger partial charge is 0.251 e. The first-order valence-corrected chi connectivity index (χ1v) is 11.1. The topological polar surface area (TPSA) is 75.3 Å². The van der Waals surface area contributed by atoms with Crippen LogP contribution < -0.4 is 10.6 Å². The van der Waals surface area contributed by atoms with E-state index in [0.717, 1.165) is 25.7 Å². The number of rotatable bonds is 8. The molecule has 30 heavy (non-hydrogen) atoms. The van der Waals surface area contributed by atoms with E-state index in [4.69, 9.17) is 0 Å². The van der Waals surface area contributed by atoms with Gasteiger partial charge in [-0.15, -0.1) is 0 Å². The molecule has 0 aliphatic heterocycles. The van der Waals surface area contributed by atoms with Gasteiger partial charge >= 0.3 is 0 Å². The van der Waals surface area contributed by atoms with E-state index in [-0.39, 0.29) is 37.0 Å². The molecule has 0 bridgehead atoms. The van der Waals surface area contributed by atoms with Crippen LogP contribution in [0.2, 0.25) is 0 Å². The summed E-state index contributed by atoms with van der Waals surface area (Å²) in [5.41, 5.74) is 0.598. The quantitative estimate of drug-likeness (QED) is 0.613. The molecule has 1 aliphatic rings. The molecule has 1 fully saturated rings. The fraction of sp³-hybridized carbons (Fsp3) is 0.640. The van der Waals surface area contributed by atoms with Gasteiger partial charge in [0.2, 0.25) is 5.91 Å². The Balaban J connectivity index is 0.00000272. The lowest BCUT2D eigenvalue weighted by Crippen LogP contribution is -2.51. The van der Waals surface area contributed by atoms with Crippen molar-refractivity contribution in [3.63, 3.8) is 0 Å². The molecule has 0 spiro atoms. The third-order valence-electron chi connectivity index (χ3n) is 5.22. The monoisotopic (exact) mass is 418 g/mol. The van der Waals surface area contributed by atoms with Crippen LogP contribution in [0.3, 0.4) is 0 Å². The molecule has 170 valence electrons. The van der Waals surface area contributed by atoms with E-state index < -0.39 is 6.04 Å². The molecule has 1 aromatic carbocycles.